The van der Waals surface area contributed by atoms with E-state index in [9.17, 15) is 18.0 Å². The molecule has 0 spiro atoms. The summed E-state index contributed by atoms with van der Waals surface area (Å²) in [7, 11) is -2.56. The Labute approximate surface area is 254 Å². The molecule has 0 aliphatic carbocycles. The first-order valence-electron chi connectivity index (χ1n) is 14.2. The van der Waals surface area contributed by atoms with Crippen molar-refractivity contribution >= 4 is 27.5 Å². The Balaban J connectivity index is 1.78. The SMILES string of the molecule is CCCNC(=O)[C@@H](Cc1ccccc1)N(Cc1cccc(OC)c1)C(=O)CN(c1ccccc1)S(=O)(=O)c1ccccc1. The Hall–Kier alpha value is -4.63. The third kappa shape index (κ3) is 8.23. The number of amides is 2. The van der Waals surface area contributed by atoms with Gasteiger partial charge in [0.05, 0.1) is 17.7 Å². The number of sulfonamides is 1. The molecule has 224 valence electrons. The molecule has 9 heteroatoms. The van der Waals surface area contributed by atoms with Crippen molar-refractivity contribution in [3.8, 4) is 5.75 Å². The zero-order valence-corrected chi connectivity index (χ0v) is 25.2. The summed E-state index contributed by atoms with van der Waals surface area (Å²) in [6.45, 7) is 1.97. The molecule has 0 aliphatic heterocycles. The fraction of sp³-hybridized carbons (Fsp3) is 0.235. The highest BCUT2D eigenvalue weighted by molar-refractivity contribution is 7.92. The molecular weight excluding hydrogens is 562 g/mol. The lowest BCUT2D eigenvalue weighted by molar-refractivity contribution is -0.140. The van der Waals surface area contributed by atoms with Crippen LogP contribution in [0.15, 0.2) is 120 Å². The van der Waals surface area contributed by atoms with Crippen molar-refractivity contribution in [3.63, 3.8) is 0 Å². The number of para-hydroxylation sites is 1. The van der Waals surface area contributed by atoms with Crippen LogP contribution in [0.5, 0.6) is 5.75 Å². The number of carbonyl (C=O) groups is 2. The van der Waals surface area contributed by atoms with Gasteiger partial charge in [0.25, 0.3) is 10.0 Å². The summed E-state index contributed by atoms with van der Waals surface area (Å²) in [6.07, 6.45) is 0.980. The van der Waals surface area contributed by atoms with E-state index < -0.39 is 28.5 Å². The lowest BCUT2D eigenvalue weighted by Crippen LogP contribution is -2.53. The molecule has 0 aliphatic rings. The summed E-state index contributed by atoms with van der Waals surface area (Å²) in [5.74, 6) is -0.213. The summed E-state index contributed by atoms with van der Waals surface area (Å²) in [5.41, 5.74) is 1.96. The molecule has 0 aromatic heterocycles. The Kier molecular flexibility index (Phi) is 10.9. The van der Waals surface area contributed by atoms with Crippen LogP contribution in [-0.4, -0.2) is 51.4 Å². The van der Waals surface area contributed by atoms with E-state index in [0.29, 0.717) is 18.0 Å². The number of hydrogen-bond acceptors (Lipinski definition) is 5. The van der Waals surface area contributed by atoms with Crippen molar-refractivity contribution in [2.24, 2.45) is 0 Å². The number of nitrogens with one attached hydrogen (secondary N) is 1. The number of ether oxygens (including phenoxy) is 1. The minimum Gasteiger partial charge on any atom is -0.497 e. The first-order valence-corrected chi connectivity index (χ1v) is 15.6. The number of anilines is 1. The number of carbonyl (C=O) groups excluding carboxylic acids is 2. The van der Waals surface area contributed by atoms with Crippen LogP contribution in [0.1, 0.15) is 24.5 Å². The molecule has 1 N–H and O–H groups in total. The maximum atomic E-state index is 14.4. The molecule has 1 atom stereocenters. The van der Waals surface area contributed by atoms with Gasteiger partial charge in [0.1, 0.15) is 18.3 Å². The van der Waals surface area contributed by atoms with E-state index in [2.05, 4.69) is 5.32 Å². The predicted octanol–water partition coefficient (Wildman–Crippen LogP) is 5.06. The van der Waals surface area contributed by atoms with E-state index in [1.807, 2.05) is 49.4 Å². The van der Waals surface area contributed by atoms with Gasteiger partial charge in [0, 0.05) is 19.5 Å². The Morgan fingerprint density at radius 3 is 2.05 bits per heavy atom. The number of methoxy groups -OCH3 is 1. The zero-order chi connectivity index (χ0) is 30.7. The highest BCUT2D eigenvalue weighted by Crippen LogP contribution is 2.25. The van der Waals surface area contributed by atoms with Crippen molar-refractivity contribution < 1.29 is 22.7 Å². The fourth-order valence-electron chi connectivity index (χ4n) is 4.73. The van der Waals surface area contributed by atoms with Gasteiger partial charge in [-0.3, -0.25) is 13.9 Å². The molecule has 4 aromatic carbocycles. The van der Waals surface area contributed by atoms with Gasteiger partial charge in [-0.15, -0.1) is 0 Å². The second-order valence-corrected chi connectivity index (χ2v) is 11.9. The van der Waals surface area contributed by atoms with E-state index in [0.717, 1.165) is 21.9 Å². The van der Waals surface area contributed by atoms with E-state index in [1.165, 1.54) is 17.0 Å². The molecule has 43 heavy (non-hydrogen) atoms. The van der Waals surface area contributed by atoms with Crippen LogP contribution in [0, 0.1) is 0 Å². The molecule has 4 aromatic rings. The first-order chi connectivity index (χ1) is 20.8. The third-order valence-electron chi connectivity index (χ3n) is 6.96. The highest BCUT2D eigenvalue weighted by atomic mass is 32.2. The van der Waals surface area contributed by atoms with E-state index >= 15 is 0 Å². The zero-order valence-electron chi connectivity index (χ0n) is 24.4. The average molecular weight is 600 g/mol. The van der Waals surface area contributed by atoms with Gasteiger partial charge in [-0.1, -0.05) is 85.8 Å². The summed E-state index contributed by atoms with van der Waals surface area (Å²) < 4.78 is 34.4. The Morgan fingerprint density at radius 1 is 0.814 bits per heavy atom. The van der Waals surface area contributed by atoms with E-state index in [-0.39, 0.29) is 23.8 Å². The van der Waals surface area contributed by atoms with Crippen molar-refractivity contribution in [1.82, 2.24) is 10.2 Å². The molecule has 0 unspecified atom stereocenters. The van der Waals surface area contributed by atoms with Gasteiger partial charge >= 0.3 is 0 Å². The minimum absolute atomic E-state index is 0.0625. The number of nitrogens with zero attached hydrogens (tertiary/aromatic N) is 2. The molecule has 0 radical (unpaired) electrons. The monoisotopic (exact) mass is 599 g/mol. The molecule has 0 saturated heterocycles. The van der Waals surface area contributed by atoms with Crippen LogP contribution in [0.2, 0.25) is 0 Å². The number of hydrogen-bond donors (Lipinski definition) is 1. The summed E-state index contributed by atoms with van der Waals surface area (Å²) in [6, 6.07) is 32.4. The number of rotatable bonds is 14. The smallest absolute Gasteiger partial charge is 0.264 e. The Bertz CT molecular complexity index is 1580. The molecule has 4 rings (SSSR count). The van der Waals surface area contributed by atoms with Crippen molar-refractivity contribution in [3.05, 3.63) is 126 Å². The van der Waals surface area contributed by atoms with Gasteiger partial charge in [-0.2, -0.15) is 0 Å². The predicted molar refractivity (Wildman–Crippen MR) is 168 cm³/mol. The van der Waals surface area contributed by atoms with Crippen LogP contribution in [0.3, 0.4) is 0 Å². The first kappa shape index (κ1) is 31.3. The molecular formula is C34H37N3O5S. The minimum atomic E-state index is -4.12. The molecule has 2 amide bonds. The standard InChI is InChI=1S/C34H37N3O5S/c1-3-22-35-34(39)32(24-27-14-7-4-8-15-27)36(25-28-16-13-19-30(23-28)42-2)33(38)26-37(29-17-9-5-10-18-29)43(40,41)31-20-11-6-12-21-31/h4-21,23,32H,3,22,24-26H2,1-2H3,(H,35,39)/t32-/m1/s1. The second kappa shape index (κ2) is 15.0. The summed E-state index contributed by atoms with van der Waals surface area (Å²) >= 11 is 0. The van der Waals surface area contributed by atoms with Gasteiger partial charge in [0.15, 0.2) is 0 Å². The number of benzene rings is 4. The largest absolute Gasteiger partial charge is 0.497 e. The molecule has 0 saturated carbocycles. The van der Waals surface area contributed by atoms with Gasteiger partial charge < -0.3 is 15.0 Å². The van der Waals surface area contributed by atoms with Crippen LogP contribution in [0.4, 0.5) is 5.69 Å². The normalized spacial score (nSPS) is 11.8. The van der Waals surface area contributed by atoms with Gasteiger partial charge in [0.2, 0.25) is 11.8 Å². The lowest BCUT2D eigenvalue weighted by atomic mass is 10.0. The Morgan fingerprint density at radius 2 is 1.42 bits per heavy atom. The average Bonchev–Trinajstić information content (AvgIpc) is 3.05. The summed E-state index contributed by atoms with van der Waals surface area (Å²) in [5, 5.41) is 2.95. The maximum Gasteiger partial charge on any atom is 0.264 e. The fourth-order valence-corrected chi connectivity index (χ4v) is 6.17. The molecule has 0 fully saturated rings. The topological polar surface area (TPSA) is 96.0 Å². The summed E-state index contributed by atoms with van der Waals surface area (Å²) in [4.78, 5) is 29.6. The highest BCUT2D eigenvalue weighted by Gasteiger charge is 2.34. The van der Waals surface area contributed by atoms with Crippen LogP contribution in [-0.2, 0) is 32.6 Å². The van der Waals surface area contributed by atoms with Crippen molar-refractivity contribution in [2.75, 3.05) is 24.5 Å². The third-order valence-corrected chi connectivity index (χ3v) is 8.75. The van der Waals surface area contributed by atoms with Crippen molar-refractivity contribution in [2.45, 2.75) is 37.2 Å². The molecule has 0 heterocycles. The van der Waals surface area contributed by atoms with Crippen molar-refractivity contribution in [1.29, 1.82) is 0 Å². The maximum absolute atomic E-state index is 14.4. The van der Waals surface area contributed by atoms with Crippen LogP contribution >= 0.6 is 0 Å². The quantitative estimate of drug-likeness (QED) is 0.219. The van der Waals surface area contributed by atoms with Gasteiger partial charge in [-0.05, 0) is 53.9 Å². The van der Waals surface area contributed by atoms with Crippen LogP contribution < -0.4 is 14.4 Å². The van der Waals surface area contributed by atoms with E-state index in [4.69, 9.17) is 4.74 Å². The molecule has 0 bridgehead atoms. The van der Waals surface area contributed by atoms with E-state index in [1.54, 1.807) is 67.8 Å². The van der Waals surface area contributed by atoms with Crippen LogP contribution in [0.25, 0.3) is 0 Å². The van der Waals surface area contributed by atoms with Gasteiger partial charge in [-0.25, -0.2) is 8.42 Å². The lowest BCUT2D eigenvalue weighted by Gasteiger charge is -2.34. The molecule has 8 nitrogen and oxygen atoms in total. The second-order valence-electron chi connectivity index (χ2n) is 10.0.